The first kappa shape index (κ1) is 23.8. The first-order chi connectivity index (χ1) is 16.5. The minimum atomic E-state index is -0.348. The molecule has 0 aliphatic carbocycles. The molecule has 4 rings (SSSR count). The lowest BCUT2D eigenvalue weighted by molar-refractivity contribution is 0.0955. The highest BCUT2D eigenvalue weighted by atomic mass is 79.9. The standard InChI is InChI=1S/C27H22BrClN2O3/c1-17-10-11-20(14-24(17)29)27(32)31-30-15-18-12-23(28)26(25(13-18)33-2)34-16-21-8-5-7-19-6-3-4-9-22(19)21/h3-15H,16H2,1-2H3,(H,31,32)/b30-15-. The number of fused-ring (bicyclic) bond motifs is 1. The van der Waals surface area contributed by atoms with Gasteiger partial charge in [-0.3, -0.25) is 4.79 Å². The number of benzene rings is 4. The fourth-order valence-corrected chi connectivity index (χ4v) is 4.24. The molecule has 0 saturated heterocycles. The monoisotopic (exact) mass is 536 g/mol. The second kappa shape index (κ2) is 10.7. The van der Waals surface area contributed by atoms with Crippen molar-refractivity contribution in [2.75, 3.05) is 7.11 Å². The Kier molecular flexibility index (Phi) is 7.50. The Morgan fingerprint density at radius 2 is 1.88 bits per heavy atom. The van der Waals surface area contributed by atoms with Gasteiger partial charge in [0.2, 0.25) is 0 Å². The molecule has 4 aromatic carbocycles. The zero-order valence-electron chi connectivity index (χ0n) is 18.6. The normalized spacial score (nSPS) is 11.1. The molecule has 34 heavy (non-hydrogen) atoms. The van der Waals surface area contributed by atoms with Gasteiger partial charge in [0.05, 0.1) is 17.8 Å². The van der Waals surface area contributed by atoms with E-state index >= 15 is 0 Å². The predicted octanol–water partition coefficient (Wildman–Crippen LogP) is 6.92. The number of hydrazone groups is 1. The van der Waals surface area contributed by atoms with Gasteiger partial charge in [-0.15, -0.1) is 0 Å². The summed E-state index contributed by atoms with van der Waals surface area (Å²) < 4.78 is 12.4. The number of hydrogen-bond donors (Lipinski definition) is 1. The van der Waals surface area contributed by atoms with Crippen LogP contribution in [0, 0.1) is 6.92 Å². The smallest absolute Gasteiger partial charge is 0.271 e. The maximum absolute atomic E-state index is 12.3. The van der Waals surface area contributed by atoms with Crippen molar-refractivity contribution in [2.45, 2.75) is 13.5 Å². The average Bonchev–Trinajstić information content (AvgIpc) is 2.84. The number of carbonyl (C=O) groups is 1. The summed E-state index contributed by atoms with van der Waals surface area (Å²) in [7, 11) is 1.58. The Morgan fingerprint density at radius 3 is 2.68 bits per heavy atom. The maximum atomic E-state index is 12.3. The number of nitrogens with one attached hydrogen (secondary N) is 1. The van der Waals surface area contributed by atoms with E-state index in [4.69, 9.17) is 21.1 Å². The third-order valence-electron chi connectivity index (χ3n) is 5.32. The minimum absolute atomic E-state index is 0.348. The van der Waals surface area contributed by atoms with Gasteiger partial charge in [-0.05, 0) is 74.6 Å². The van der Waals surface area contributed by atoms with E-state index in [0.29, 0.717) is 33.2 Å². The Morgan fingerprint density at radius 1 is 1.09 bits per heavy atom. The highest BCUT2D eigenvalue weighted by molar-refractivity contribution is 9.10. The fraction of sp³-hybridized carbons (Fsp3) is 0.111. The van der Waals surface area contributed by atoms with Crippen LogP contribution in [-0.4, -0.2) is 19.2 Å². The van der Waals surface area contributed by atoms with Gasteiger partial charge in [-0.1, -0.05) is 60.1 Å². The van der Waals surface area contributed by atoms with Crippen LogP contribution in [0.25, 0.3) is 10.8 Å². The second-order valence-corrected chi connectivity index (χ2v) is 8.89. The summed E-state index contributed by atoms with van der Waals surface area (Å²) in [4.78, 5) is 12.3. The number of halogens is 2. The molecule has 0 atom stereocenters. The average molecular weight is 538 g/mol. The number of aryl methyl sites for hydroxylation is 1. The third-order valence-corrected chi connectivity index (χ3v) is 6.31. The summed E-state index contributed by atoms with van der Waals surface area (Å²) in [6.45, 7) is 2.27. The van der Waals surface area contributed by atoms with E-state index < -0.39 is 0 Å². The molecule has 1 amide bonds. The summed E-state index contributed by atoms with van der Waals surface area (Å²) in [6, 6.07) is 23.1. The van der Waals surface area contributed by atoms with E-state index in [1.807, 2.05) is 37.3 Å². The van der Waals surface area contributed by atoms with E-state index in [2.05, 4.69) is 44.7 Å². The van der Waals surface area contributed by atoms with E-state index in [1.54, 1.807) is 31.4 Å². The van der Waals surface area contributed by atoms with Crippen LogP contribution in [0.4, 0.5) is 0 Å². The van der Waals surface area contributed by atoms with Crippen molar-refractivity contribution >= 4 is 50.4 Å². The van der Waals surface area contributed by atoms with Crippen molar-refractivity contribution < 1.29 is 14.3 Å². The van der Waals surface area contributed by atoms with Crippen molar-refractivity contribution in [2.24, 2.45) is 5.10 Å². The number of amides is 1. The van der Waals surface area contributed by atoms with Crippen molar-refractivity contribution in [1.29, 1.82) is 0 Å². The molecule has 0 unspecified atom stereocenters. The molecule has 0 bridgehead atoms. The van der Waals surface area contributed by atoms with Gasteiger partial charge in [0.15, 0.2) is 11.5 Å². The maximum Gasteiger partial charge on any atom is 0.271 e. The zero-order valence-corrected chi connectivity index (χ0v) is 21.0. The highest BCUT2D eigenvalue weighted by Gasteiger charge is 2.13. The number of methoxy groups -OCH3 is 1. The molecule has 1 N–H and O–H groups in total. The van der Waals surface area contributed by atoms with Crippen LogP contribution in [0.2, 0.25) is 5.02 Å². The van der Waals surface area contributed by atoms with Crippen LogP contribution in [0.15, 0.2) is 82.4 Å². The van der Waals surface area contributed by atoms with Gasteiger partial charge < -0.3 is 9.47 Å². The molecular formula is C27H22BrClN2O3. The lowest BCUT2D eigenvalue weighted by Gasteiger charge is -2.14. The first-order valence-corrected chi connectivity index (χ1v) is 11.7. The molecule has 0 radical (unpaired) electrons. The predicted molar refractivity (Wildman–Crippen MR) is 140 cm³/mol. The highest BCUT2D eigenvalue weighted by Crippen LogP contribution is 2.37. The van der Waals surface area contributed by atoms with Crippen LogP contribution in [-0.2, 0) is 6.61 Å². The molecule has 0 aliphatic rings. The van der Waals surface area contributed by atoms with Crippen LogP contribution >= 0.6 is 27.5 Å². The van der Waals surface area contributed by atoms with E-state index in [-0.39, 0.29) is 5.91 Å². The van der Waals surface area contributed by atoms with Gasteiger partial charge in [0, 0.05) is 10.6 Å². The molecular weight excluding hydrogens is 516 g/mol. The van der Waals surface area contributed by atoms with Crippen molar-refractivity contribution in [3.63, 3.8) is 0 Å². The molecule has 0 heterocycles. The molecule has 0 spiro atoms. The Balaban J connectivity index is 1.48. The summed E-state index contributed by atoms with van der Waals surface area (Å²) in [5, 5.41) is 6.90. The topological polar surface area (TPSA) is 59.9 Å². The number of nitrogens with zero attached hydrogens (tertiary/aromatic N) is 1. The van der Waals surface area contributed by atoms with Gasteiger partial charge in [0.1, 0.15) is 6.61 Å². The van der Waals surface area contributed by atoms with E-state index in [1.165, 1.54) is 6.21 Å². The van der Waals surface area contributed by atoms with Crippen LogP contribution in [0.5, 0.6) is 11.5 Å². The second-order valence-electron chi connectivity index (χ2n) is 7.62. The minimum Gasteiger partial charge on any atom is -0.493 e. The number of carbonyl (C=O) groups excluding carboxylic acids is 1. The first-order valence-electron chi connectivity index (χ1n) is 10.5. The lowest BCUT2D eigenvalue weighted by atomic mass is 10.1. The van der Waals surface area contributed by atoms with E-state index in [9.17, 15) is 4.79 Å². The Bertz CT molecular complexity index is 1380. The van der Waals surface area contributed by atoms with Crippen LogP contribution in [0.1, 0.15) is 27.0 Å². The SMILES string of the molecule is COc1cc(/C=N\NC(=O)c2ccc(C)c(Cl)c2)cc(Br)c1OCc1cccc2ccccc12. The molecule has 172 valence electrons. The van der Waals surface area contributed by atoms with Crippen LogP contribution < -0.4 is 14.9 Å². The van der Waals surface area contributed by atoms with Crippen LogP contribution in [0.3, 0.4) is 0 Å². The molecule has 0 aliphatic heterocycles. The van der Waals surface area contributed by atoms with Crippen molar-refractivity contribution in [3.8, 4) is 11.5 Å². The molecule has 7 heteroatoms. The third kappa shape index (κ3) is 5.41. The Hall–Kier alpha value is -3.35. The van der Waals surface area contributed by atoms with Crippen molar-refractivity contribution in [3.05, 3.63) is 105 Å². The summed E-state index contributed by atoms with van der Waals surface area (Å²) in [5.41, 5.74) is 5.66. The van der Waals surface area contributed by atoms with E-state index in [0.717, 1.165) is 27.5 Å². The lowest BCUT2D eigenvalue weighted by Crippen LogP contribution is -2.17. The fourth-order valence-electron chi connectivity index (χ4n) is 3.49. The largest absolute Gasteiger partial charge is 0.493 e. The van der Waals surface area contributed by atoms with Gasteiger partial charge in [-0.2, -0.15) is 5.10 Å². The van der Waals surface area contributed by atoms with Gasteiger partial charge in [0.25, 0.3) is 5.91 Å². The zero-order chi connectivity index (χ0) is 24.1. The molecule has 0 aromatic heterocycles. The number of hydrogen-bond acceptors (Lipinski definition) is 4. The number of ether oxygens (including phenoxy) is 2. The summed E-state index contributed by atoms with van der Waals surface area (Å²) in [6.07, 6.45) is 1.54. The van der Waals surface area contributed by atoms with Crippen molar-refractivity contribution in [1.82, 2.24) is 5.43 Å². The van der Waals surface area contributed by atoms with Gasteiger partial charge in [-0.25, -0.2) is 5.43 Å². The summed E-state index contributed by atoms with van der Waals surface area (Å²) in [5.74, 6) is 0.790. The molecule has 0 saturated carbocycles. The molecule has 5 nitrogen and oxygen atoms in total. The van der Waals surface area contributed by atoms with Gasteiger partial charge >= 0.3 is 0 Å². The molecule has 0 fully saturated rings. The quantitative estimate of drug-likeness (QED) is 0.206. The number of rotatable bonds is 7. The summed E-state index contributed by atoms with van der Waals surface area (Å²) >= 11 is 9.66. The Labute approximate surface area is 211 Å². The molecule has 4 aromatic rings.